The maximum absolute atomic E-state index is 11.7. The molecule has 20 heavy (non-hydrogen) atoms. The van der Waals surface area contributed by atoms with Crippen LogP contribution >= 0.6 is 11.6 Å². The van der Waals surface area contributed by atoms with E-state index in [-0.39, 0.29) is 11.5 Å². The Morgan fingerprint density at radius 1 is 1.50 bits per heavy atom. The van der Waals surface area contributed by atoms with Gasteiger partial charge in [0.1, 0.15) is 11.6 Å². The summed E-state index contributed by atoms with van der Waals surface area (Å²) in [4.78, 5) is 15.9. The lowest BCUT2D eigenvalue weighted by Crippen LogP contribution is -2.08. The zero-order valence-corrected chi connectivity index (χ0v) is 12.4. The van der Waals surface area contributed by atoms with Gasteiger partial charge in [0.15, 0.2) is 5.69 Å². The van der Waals surface area contributed by atoms with Crippen LogP contribution in [-0.2, 0) is 11.2 Å². The average molecular weight is 294 g/mol. The van der Waals surface area contributed by atoms with Gasteiger partial charge in [0.25, 0.3) is 0 Å². The van der Waals surface area contributed by atoms with Gasteiger partial charge in [-0.3, -0.25) is 4.57 Å². The fourth-order valence-corrected chi connectivity index (χ4v) is 2.35. The molecular formula is C14H16ClN3O2. The number of hydrogen-bond acceptors (Lipinski definition) is 4. The highest BCUT2D eigenvalue weighted by molar-refractivity contribution is 6.32. The number of esters is 1. The second-order valence-corrected chi connectivity index (χ2v) is 4.80. The Kier molecular flexibility index (Phi) is 3.99. The van der Waals surface area contributed by atoms with Crippen LogP contribution in [0.5, 0.6) is 0 Å². The number of carbonyl (C=O) groups excluding carboxylic acids is 1. The van der Waals surface area contributed by atoms with Crippen LogP contribution < -0.4 is 5.73 Å². The Bertz CT molecular complexity index is 665. The fraction of sp³-hybridized carbons (Fsp3) is 0.286. The Morgan fingerprint density at radius 3 is 2.75 bits per heavy atom. The number of aryl methyl sites for hydroxylation is 2. The van der Waals surface area contributed by atoms with Crippen LogP contribution in [0.1, 0.15) is 28.8 Å². The van der Waals surface area contributed by atoms with Gasteiger partial charge in [0.2, 0.25) is 0 Å². The van der Waals surface area contributed by atoms with Crippen molar-refractivity contribution in [1.29, 1.82) is 0 Å². The number of halogens is 1. The first-order valence-corrected chi connectivity index (χ1v) is 6.59. The maximum atomic E-state index is 11.7. The van der Waals surface area contributed by atoms with E-state index in [2.05, 4.69) is 9.72 Å². The fourth-order valence-electron chi connectivity index (χ4n) is 2.03. The standard InChI is InChI=1S/C14H16ClN3O2/c1-4-11-17-12(14(19)20-3)13(16)18(11)10-6-5-8(2)7-9(10)15/h5-7H,4,16H2,1-3H3. The molecule has 0 aliphatic heterocycles. The SMILES string of the molecule is CCc1nc(C(=O)OC)c(N)n1-c1ccc(C)cc1Cl. The number of methoxy groups -OCH3 is 1. The second-order valence-electron chi connectivity index (χ2n) is 4.40. The topological polar surface area (TPSA) is 70.1 Å². The summed E-state index contributed by atoms with van der Waals surface area (Å²) in [6, 6.07) is 5.63. The van der Waals surface area contributed by atoms with Gasteiger partial charge in [0.05, 0.1) is 17.8 Å². The number of aromatic nitrogens is 2. The van der Waals surface area contributed by atoms with Gasteiger partial charge in [-0.05, 0) is 24.6 Å². The number of hydrogen-bond donors (Lipinski definition) is 1. The van der Waals surface area contributed by atoms with Crippen molar-refractivity contribution in [2.45, 2.75) is 20.3 Å². The summed E-state index contributed by atoms with van der Waals surface area (Å²) >= 11 is 6.27. The van der Waals surface area contributed by atoms with Crippen molar-refractivity contribution >= 4 is 23.4 Å². The number of ether oxygens (including phenoxy) is 1. The lowest BCUT2D eigenvalue weighted by molar-refractivity contribution is 0.0596. The summed E-state index contributed by atoms with van der Waals surface area (Å²) in [5.74, 6) is 0.340. The highest BCUT2D eigenvalue weighted by Gasteiger charge is 2.22. The van der Waals surface area contributed by atoms with Crippen LogP contribution in [0.25, 0.3) is 5.69 Å². The van der Waals surface area contributed by atoms with E-state index in [4.69, 9.17) is 17.3 Å². The lowest BCUT2D eigenvalue weighted by atomic mass is 10.2. The summed E-state index contributed by atoms with van der Waals surface area (Å²) in [6.07, 6.45) is 0.616. The van der Waals surface area contributed by atoms with Crippen molar-refractivity contribution < 1.29 is 9.53 Å². The Hall–Kier alpha value is -2.01. The number of benzene rings is 1. The highest BCUT2D eigenvalue weighted by atomic mass is 35.5. The Balaban J connectivity index is 2.67. The van der Waals surface area contributed by atoms with Crippen molar-refractivity contribution in [2.24, 2.45) is 0 Å². The molecule has 0 spiro atoms. The molecule has 2 aromatic rings. The van der Waals surface area contributed by atoms with Gasteiger partial charge >= 0.3 is 5.97 Å². The van der Waals surface area contributed by atoms with Crippen molar-refractivity contribution in [3.63, 3.8) is 0 Å². The number of carbonyl (C=O) groups is 1. The van der Waals surface area contributed by atoms with Gasteiger partial charge < -0.3 is 10.5 Å². The molecule has 0 fully saturated rings. The van der Waals surface area contributed by atoms with Crippen LogP contribution in [-0.4, -0.2) is 22.6 Å². The number of nitrogens with two attached hydrogens (primary N) is 1. The normalized spacial score (nSPS) is 10.6. The quantitative estimate of drug-likeness (QED) is 0.883. The summed E-state index contributed by atoms with van der Waals surface area (Å²) in [6.45, 7) is 3.88. The summed E-state index contributed by atoms with van der Waals surface area (Å²) in [5.41, 5.74) is 7.90. The molecule has 106 valence electrons. The Labute approximate surface area is 122 Å². The van der Waals surface area contributed by atoms with E-state index in [1.165, 1.54) is 7.11 Å². The van der Waals surface area contributed by atoms with Gasteiger partial charge in [-0.25, -0.2) is 9.78 Å². The van der Waals surface area contributed by atoms with Crippen LogP contribution in [0.2, 0.25) is 5.02 Å². The Morgan fingerprint density at radius 2 is 2.20 bits per heavy atom. The molecular weight excluding hydrogens is 278 g/mol. The number of nitrogen functional groups attached to an aromatic ring is 1. The van der Waals surface area contributed by atoms with E-state index in [9.17, 15) is 4.79 Å². The molecule has 0 bridgehead atoms. The summed E-state index contributed by atoms with van der Waals surface area (Å²) in [5, 5.41) is 0.556. The predicted molar refractivity (Wildman–Crippen MR) is 78.4 cm³/mol. The number of anilines is 1. The van der Waals surface area contributed by atoms with Gasteiger partial charge in [-0.15, -0.1) is 0 Å². The minimum atomic E-state index is -0.556. The maximum Gasteiger partial charge on any atom is 0.360 e. The van der Waals surface area contributed by atoms with Crippen molar-refractivity contribution in [3.8, 4) is 5.69 Å². The number of rotatable bonds is 3. The van der Waals surface area contributed by atoms with E-state index in [0.717, 1.165) is 5.56 Å². The third-order valence-corrected chi connectivity index (χ3v) is 3.32. The molecule has 1 heterocycles. The van der Waals surface area contributed by atoms with Crippen LogP contribution in [0.15, 0.2) is 18.2 Å². The van der Waals surface area contributed by atoms with Crippen LogP contribution in [0.4, 0.5) is 5.82 Å². The van der Waals surface area contributed by atoms with Gasteiger partial charge in [0, 0.05) is 6.42 Å². The second kappa shape index (κ2) is 5.54. The zero-order valence-electron chi connectivity index (χ0n) is 11.6. The molecule has 2 N–H and O–H groups in total. The first-order chi connectivity index (χ1) is 9.49. The van der Waals surface area contributed by atoms with Crippen LogP contribution in [0.3, 0.4) is 0 Å². The van der Waals surface area contributed by atoms with Crippen molar-refractivity contribution in [2.75, 3.05) is 12.8 Å². The van der Waals surface area contributed by atoms with E-state index in [1.807, 2.05) is 32.0 Å². The molecule has 5 nitrogen and oxygen atoms in total. The minimum Gasteiger partial charge on any atom is -0.464 e. The number of imidazole rings is 1. The van der Waals surface area contributed by atoms with Crippen LogP contribution in [0, 0.1) is 6.92 Å². The minimum absolute atomic E-state index is 0.112. The summed E-state index contributed by atoms with van der Waals surface area (Å²) < 4.78 is 6.38. The molecule has 1 aromatic heterocycles. The molecule has 0 saturated carbocycles. The molecule has 0 amide bonds. The first kappa shape index (κ1) is 14.4. The van der Waals surface area contributed by atoms with Crippen molar-refractivity contribution in [3.05, 3.63) is 40.3 Å². The lowest BCUT2D eigenvalue weighted by Gasteiger charge is -2.11. The molecule has 1 aromatic carbocycles. The first-order valence-electron chi connectivity index (χ1n) is 6.21. The smallest absolute Gasteiger partial charge is 0.360 e. The van der Waals surface area contributed by atoms with Gasteiger partial charge in [-0.1, -0.05) is 24.6 Å². The van der Waals surface area contributed by atoms with Crippen molar-refractivity contribution in [1.82, 2.24) is 9.55 Å². The molecule has 2 rings (SSSR count). The largest absolute Gasteiger partial charge is 0.464 e. The molecule has 0 radical (unpaired) electrons. The summed E-state index contributed by atoms with van der Waals surface area (Å²) in [7, 11) is 1.30. The molecule has 0 saturated heterocycles. The highest BCUT2D eigenvalue weighted by Crippen LogP contribution is 2.28. The molecule has 0 aliphatic carbocycles. The van der Waals surface area contributed by atoms with E-state index in [0.29, 0.717) is 23.0 Å². The molecule has 6 heteroatoms. The van der Waals surface area contributed by atoms with Gasteiger partial charge in [-0.2, -0.15) is 0 Å². The molecule has 0 unspecified atom stereocenters. The zero-order chi connectivity index (χ0) is 14.9. The molecule has 0 atom stereocenters. The third kappa shape index (κ3) is 2.36. The monoisotopic (exact) mass is 293 g/mol. The van der Waals surface area contributed by atoms with E-state index >= 15 is 0 Å². The number of nitrogens with zero attached hydrogens (tertiary/aromatic N) is 2. The molecule has 0 aliphatic rings. The predicted octanol–water partition coefficient (Wildman–Crippen LogP) is 2.77. The third-order valence-electron chi connectivity index (χ3n) is 3.02. The average Bonchev–Trinajstić information content (AvgIpc) is 2.75. The van der Waals surface area contributed by atoms with E-state index in [1.54, 1.807) is 4.57 Å². The van der Waals surface area contributed by atoms with E-state index < -0.39 is 5.97 Å².